The predicted octanol–water partition coefficient (Wildman–Crippen LogP) is 14.6. The van der Waals surface area contributed by atoms with Gasteiger partial charge in [0.25, 0.3) is 0 Å². The van der Waals surface area contributed by atoms with E-state index < -0.39 is 0 Å². The maximum absolute atomic E-state index is 6.41. The number of hydrogen-bond acceptors (Lipinski definition) is 2. The van der Waals surface area contributed by atoms with Gasteiger partial charge in [-0.15, -0.1) is 0 Å². The molecule has 0 radical (unpaired) electrons. The van der Waals surface area contributed by atoms with Crippen molar-refractivity contribution >= 4 is 71.6 Å². The molecule has 11 aromatic rings. The Morgan fingerprint density at radius 2 is 0.891 bits per heavy atom. The van der Waals surface area contributed by atoms with Gasteiger partial charge in [0.2, 0.25) is 0 Å². The van der Waals surface area contributed by atoms with Crippen LogP contribution in [0.5, 0.6) is 0 Å². The summed E-state index contributed by atoms with van der Waals surface area (Å²) in [4.78, 5) is 2.34. The lowest BCUT2D eigenvalue weighted by Crippen LogP contribution is -2.10. The number of aromatic nitrogens is 1. The van der Waals surface area contributed by atoms with E-state index in [4.69, 9.17) is 4.42 Å². The molecule has 3 heteroatoms. The van der Waals surface area contributed by atoms with Crippen molar-refractivity contribution in [2.75, 3.05) is 4.90 Å². The van der Waals surface area contributed by atoms with E-state index in [0.29, 0.717) is 0 Å². The van der Waals surface area contributed by atoms with Crippen LogP contribution < -0.4 is 4.90 Å². The van der Waals surface area contributed by atoms with Gasteiger partial charge in [0.1, 0.15) is 11.2 Å². The number of benzene rings is 9. The van der Waals surface area contributed by atoms with Gasteiger partial charge in [-0.3, -0.25) is 0 Å². The fourth-order valence-electron chi connectivity index (χ4n) is 8.32. The Balaban J connectivity index is 1.09. The monoisotopic (exact) mass is 702 g/mol. The molecule has 55 heavy (non-hydrogen) atoms. The Hall–Kier alpha value is -7.36. The van der Waals surface area contributed by atoms with Crippen molar-refractivity contribution in [1.82, 2.24) is 4.57 Å². The van der Waals surface area contributed by atoms with Crippen LogP contribution in [0.3, 0.4) is 0 Å². The molecular weight excluding hydrogens is 669 g/mol. The first-order chi connectivity index (χ1) is 27.2. The summed E-state index contributed by atoms with van der Waals surface area (Å²) in [5.41, 5.74) is 13.1. The largest absolute Gasteiger partial charge is 0.456 e. The second-order valence-electron chi connectivity index (χ2n) is 14.2. The van der Waals surface area contributed by atoms with Crippen LogP contribution in [0.4, 0.5) is 17.1 Å². The second kappa shape index (κ2) is 12.6. The lowest BCUT2D eigenvalue weighted by Gasteiger charge is -2.26. The van der Waals surface area contributed by atoms with E-state index in [9.17, 15) is 0 Å². The molecule has 0 N–H and O–H groups in total. The molecule has 258 valence electrons. The molecule has 2 aromatic heterocycles. The third-order valence-corrected chi connectivity index (χ3v) is 10.9. The highest BCUT2D eigenvalue weighted by atomic mass is 16.3. The van der Waals surface area contributed by atoms with E-state index in [1.165, 1.54) is 38.1 Å². The topological polar surface area (TPSA) is 21.3 Å². The summed E-state index contributed by atoms with van der Waals surface area (Å²) in [6.45, 7) is 0. The number of anilines is 3. The van der Waals surface area contributed by atoms with Gasteiger partial charge >= 0.3 is 0 Å². The molecule has 0 amide bonds. The zero-order chi connectivity index (χ0) is 36.3. The minimum atomic E-state index is 0.867. The normalized spacial score (nSPS) is 11.6. The Kier molecular flexibility index (Phi) is 7.17. The lowest BCUT2D eigenvalue weighted by molar-refractivity contribution is 0.669. The number of rotatable bonds is 6. The molecule has 0 spiro atoms. The summed E-state index contributed by atoms with van der Waals surface area (Å²) in [6.07, 6.45) is 0. The SMILES string of the molecule is c1ccc(-c2cccc(N(c3cccc(-c4ccc5c6cc7ccccc7cc6n(-c6ccccc6)c5c4)c3)c3ccc4c(c3)oc3ccccc34)c2)cc1. The maximum atomic E-state index is 6.41. The van der Waals surface area contributed by atoms with Crippen molar-refractivity contribution in [1.29, 1.82) is 0 Å². The zero-order valence-electron chi connectivity index (χ0n) is 29.9. The third-order valence-electron chi connectivity index (χ3n) is 10.9. The van der Waals surface area contributed by atoms with Crippen LogP contribution in [0.1, 0.15) is 0 Å². The Bertz CT molecular complexity index is 3210. The molecule has 0 bridgehead atoms. The van der Waals surface area contributed by atoms with E-state index in [-0.39, 0.29) is 0 Å². The van der Waals surface area contributed by atoms with Crippen LogP contribution in [-0.2, 0) is 0 Å². The van der Waals surface area contributed by atoms with Crippen molar-refractivity contribution < 1.29 is 4.42 Å². The molecule has 0 saturated carbocycles. The molecule has 0 saturated heterocycles. The molecule has 0 atom stereocenters. The van der Waals surface area contributed by atoms with E-state index >= 15 is 0 Å². The average Bonchev–Trinajstić information content (AvgIpc) is 3.78. The molecule has 3 nitrogen and oxygen atoms in total. The average molecular weight is 703 g/mol. The zero-order valence-corrected chi connectivity index (χ0v) is 29.9. The van der Waals surface area contributed by atoms with Crippen LogP contribution in [0.15, 0.2) is 211 Å². The van der Waals surface area contributed by atoms with E-state index in [0.717, 1.165) is 61.4 Å². The fourth-order valence-corrected chi connectivity index (χ4v) is 8.32. The highest BCUT2D eigenvalue weighted by Gasteiger charge is 2.19. The van der Waals surface area contributed by atoms with Crippen molar-refractivity contribution in [3.63, 3.8) is 0 Å². The van der Waals surface area contributed by atoms with Crippen LogP contribution >= 0.6 is 0 Å². The molecule has 0 aliphatic rings. The predicted molar refractivity (Wildman–Crippen MR) is 231 cm³/mol. The van der Waals surface area contributed by atoms with Gasteiger partial charge in [-0.2, -0.15) is 0 Å². The fraction of sp³-hybridized carbons (Fsp3) is 0. The Morgan fingerprint density at radius 1 is 0.327 bits per heavy atom. The van der Waals surface area contributed by atoms with Gasteiger partial charge in [0.15, 0.2) is 0 Å². The minimum absolute atomic E-state index is 0.867. The second-order valence-corrected chi connectivity index (χ2v) is 14.2. The first kappa shape index (κ1) is 31.2. The van der Waals surface area contributed by atoms with E-state index in [1.807, 2.05) is 12.1 Å². The number of nitrogens with zero attached hydrogens (tertiary/aromatic N) is 2. The van der Waals surface area contributed by atoms with E-state index in [2.05, 4.69) is 204 Å². The Morgan fingerprint density at radius 3 is 1.67 bits per heavy atom. The number of furan rings is 1. The number of para-hydroxylation sites is 2. The third kappa shape index (κ3) is 5.28. The van der Waals surface area contributed by atoms with Gasteiger partial charge < -0.3 is 13.9 Å². The quantitative estimate of drug-likeness (QED) is 0.172. The standard InChI is InChI=1S/C52H34N2O/c1-3-13-35(14-4-1)36-17-11-21-42(29-36)53(44-26-28-47-46-23-9-10-24-51(46)55-52(47)34-44)43-22-12-18-37(30-43)40-25-27-45-48-31-38-15-7-8-16-39(38)32-50(48)54(49(45)33-40)41-19-5-2-6-20-41/h1-34H. The molecule has 2 heterocycles. The summed E-state index contributed by atoms with van der Waals surface area (Å²) < 4.78 is 8.82. The first-order valence-electron chi connectivity index (χ1n) is 18.7. The van der Waals surface area contributed by atoms with Gasteiger partial charge in [-0.25, -0.2) is 0 Å². The highest BCUT2D eigenvalue weighted by molar-refractivity contribution is 6.14. The maximum Gasteiger partial charge on any atom is 0.137 e. The highest BCUT2D eigenvalue weighted by Crippen LogP contribution is 2.42. The van der Waals surface area contributed by atoms with E-state index in [1.54, 1.807) is 0 Å². The van der Waals surface area contributed by atoms with Crippen molar-refractivity contribution in [2.45, 2.75) is 0 Å². The first-order valence-corrected chi connectivity index (χ1v) is 18.7. The summed E-state index contributed by atoms with van der Waals surface area (Å²) in [7, 11) is 0. The molecule has 11 rings (SSSR count). The van der Waals surface area contributed by atoms with Crippen LogP contribution in [0, 0.1) is 0 Å². The number of fused-ring (bicyclic) bond motifs is 7. The summed E-state index contributed by atoms with van der Waals surface area (Å²) in [6, 6.07) is 74.0. The van der Waals surface area contributed by atoms with Crippen molar-refractivity contribution in [3.8, 4) is 27.9 Å². The van der Waals surface area contributed by atoms with Gasteiger partial charge in [-0.05, 0) is 106 Å². The number of hydrogen-bond donors (Lipinski definition) is 0. The molecule has 0 aliphatic heterocycles. The molecular formula is C52H34N2O. The van der Waals surface area contributed by atoms with Gasteiger partial charge in [0.05, 0.1) is 11.0 Å². The van der Waals surface area contributed by atoms with Crippen LogP contribution in [-0.4, -0.2) is 4.57 Å². The van der Waals surface area contributed by atoms with Crippen LogP contribution in [0.25, 0.3) is 82.5 Å². The lowest BCUT2D eigenvalue weighted by atomic mass is 10.0. The molecule has 9 aromatic carbocycles. The van der Waals surface area contributed by atoms with Gasteiger partial charge in [-0.1, -0.05) is 127 Å². The molecule has 0 unspecified atom stereocenters. The molecule has 0 fully saturated rings. The minimum Gasteiger partial charge on any atom is -0.456 e. The Labute approximate surface area is 318 Å². The van der Waals surface area contributed by atoms with Crippen LogP contribution in [0.2, 0.25) is 0 Å². The van der Waals surface area contributed by atoms with Crippen molar-refractivity contribution in [2.24, 2.45) is 0 Å². The summed E-state index contributed by atoms with van der Waals surface area (Å²) in [5, 5.41) is 7.21. The smallest absolute Gasteiger partial charge is 0.137 e. The summed E-state index contributed by atoms with van der Waals surface area (Å²) >= 11 is 0. The van der Waals surface area contributed by atoms with Crippen molar-refractivity contribution in [3.05, 3.63) is 206 Å². The summed E-state index contributed by atoms with van der Waals surface area (Å²) in [5.74, 6) is 0. The van der Waals surface area contributed by atoms with Gasteiger partial charge in [0, 0.05) is 50.4 Å². The molecule has 0 aliphatic carbocycles.